The molecule has 6 N–H and O–H groups in total. The van der Waals surface area contributed by atoms with Gasteiger partial charge in [-0.1, -0.05) is 24.3 Å². The van der Waals surface area contributed by atoms with Gasteiger partial charge in [0.05, 0.1) is 0 Å². The topological polar surface area (TPSA) is 144 Å². The minimum absolute atomic E-state index is 0.0680. The van der Waals surface area contributed by atoms with Crippen LogP contribution in [0.4, 0.5) is 14.0 Å². The maximum atomic E-state index is 13.3. The number of H-pyrrole nitrogens is 1. The van der Waals surface area contributed by atoms with Gasteiger partial charge in [-0.3, -0.25) is 4.79 Å². The predicted octanol–water partition coefficient (Wildman–Crippen LogP) is 4.27. The second kappa shape index (κ2) is 10.5. The first-order valence-corrected chi connectivity index (χ1v) is 11.5. The third-order valence-electron chi connectivity index (χ3n) is 6.07. The van der Waals surface area contributed by atoms with Crippen LogP contribution in [0.2, 0.25) is 0 Å². The van der Waals surface area contributed by atoms with E-state index in [4.69, 9.17) is 10.2 Å². The lowest BCUT2D eigenvalue weighted by atomic mass is 10.0. The molecule has 0 saturated heterocycles. The Morgan fingerprint density at radius 2 is 1.71 bits per heavy atom. The second-order valence-electron chi connectivity index (χ2n) is 8.69. The third kappa shape index (κ3) is 6.08. The SMILES string of the molecule is O=C(O)NCCC[C@@H](CNC(=O)c1[nH]c2cc(-c3ccc(F)cc3)ccc2c1C1CC1)NC(=O)O. The standard InChI is InChI=1S/C25H27FN4O5/c26-17-8-5-14(6-9-17)16-7-10-19-20(12-16)30-22(21(19)15-3-4-15)23(31)28-13-18(29-25(34)35)2-1-11-27-24(32)33/h5-10,12,15,18,27,29-30H,1-4,11,13H2,(H,28,31)(H,32,33)(H,34,35)/t18-/m0/s1. The summed E-state index contributed by atoms with van der Waals surface area (Å²) in [6, 6.07) is 11.5. The van der Waals surface area contributed by atoms with Crippen molar-refractivity contribution in [3.63, 3.8) is 0 Å². The number of hydrogen-bond acceptors (Lipinski definition) is 3. The summed E-state index contributed by atoms with van der Waals surface area (Å²) in [6.45, 7) is 0.254. The molecular weight excluding hydrogens is 455 g/mol. The Hall–Kier alpha value is -4.08. The third-order valence-corrected chi connectivity index (χ3v) is 6.07. The largest absolute Gasteiger partial charge is 0.465 e. The number of carboxylic acid groups (broad SMARTS) is 2. The number of aromatic nitrogens is 1. The monoisotopic (exact) mass is 482 g/mol. The Balaban J connectivity index is 1.50. The molecule has 0 radical (unpaired) electrons. The van der Waals surface area contributed by atoms with Crippen LogP contribution in [-0.4, -0.2) is 52.4 Å². The summed E-state index contributed by atoms with van der Waals surface area (Å²) in [7, 11) is 0. The molecule has 9 nitrogen and oxygen atoms in total. The quantitative estimate of drug-likeness (QED) is 0.239. The van der Waals surface area contributed by atoms with E-state index in [9.17, 15) is 18.8 Å². The number of carbonyl (C=O) groups excluding carboxylic acids is 1. The van der Waals surface area contributed by atoms with Gasteiger partial charge in [0.15, 0.2) is 0 Å². The summed E-state index contributed by atoms with van der Waals surface area (Å²) in [5.41, 5.74) is 3.98. The van der Waals surface area contributed by atoms with Crippen molar-refractivity contribution in [3.8, 4) is 11.1 Å². The number of amides is 3. The van der Waals surface area contributed by atoms with Crippen LogP contribution in [0.1, 0.15) is 47.7 Å². The van der Waals surface area contributed by atoms with Crippen LogP contribution in [-0.2, 0) is 0 Å². The molecule has 0 spiro atoms. The molecule has 0 aliphatic heterocycles. The molecule has 1 aromatic heterocycles. The van der Waals surface area contributed by atoms with Crippen molar-refractivity contribution < 1.29 is 29.0 Å². The van der Waals surface area contributed by atoms with E-state index in [2.05, 4.69) is 20.9 Å². The second-order valence-corrected chi connectivity index (χ2v) is 8.69. The lowest BCUT2D eigenvalue weighted by Gasteiger charge is -2.17. The maximum absolute atomic E-state index is 13.3. The first-order valence-electron chi connectivity index (χ1n) is 11.5. The molecule has 184 valence electrons. The molecule has 4 rings (SSSR count). The summed E-state index contributed by atoms with van der Waals surface area (Å²) in [5, 5.41) is 26.1. The van der Waals surface area contributed by atoms with Crippen LogP contribution in [0.25, 0.3) is 22.0 Å². The van der Waals surface area contributed by atoms with Gasteiger partial charge in [0, 0.05) is 30.0 Å². The Bertz CT molecular complexity index is 1240. The molecule has 10 heteroatoms. The van der Waals surface area contributed by atoms with Crippen molar-refractivity contribution in [1.29, 1.82) is 0 Å². The molecule has 35 heavy (non-hydrogen) atoms. The zero-order valence-electron chi connectivity index (χ0n) is 18.9. The molecule has 2 aromatic carbocycles. The summed E-state index contributed by atoms with van der Waals surface area (Å²) in [5.74, 6) is -0.345. The van der Waals surface area contributed by atoms with Crippen LogP contribution >= 0.6 is 0 Å². The van der Waals surface area contributed by atoms with Crippen LogP contribution in [0.15, 0.2) is 42.5 Å². The van der Waals surface area contributed by atoms with Crippen molar-refractivity contribution in [2.75, 3.05) is 13.1 Å². The van der Waals surface area contributed by atoms with Gasteiger partial charge in [-0.05, 0) is 66.5 Å². The van der Waals surface area contributed by atoms with E-state index in [1.807, 2.05) is 18.2 Å². The van der Waals surface area contributed by atoms with Gasteiger partial charge < -0.3 is 31.1 Å². The van der Waals surface area contributed by atoms with Crippen LogP contribution in [0.5, 0.6) is 0 Å². The molecule has 1 heterocycles. The van der Waals surface area contributed by atoms with Gasteiger partial charge in [-0.15, -0.1) is 0 Å². The van der Waals surface area contributed by atoms with Crippen LogP contribution < -0.4 is 16.0 Å². The smallest absolute Gasteiger partial charge is 0.404 e. The summed E-state index contributed by atoms with van der Waals surface area (Å²) in [4.78, 5) is 38.1. The molecule has 1 fully saturated rings. The molecule has 0 bridgehead atoms. The lowest BCUT2D eigenvalue weighted by Crippen LogP contribution is -2.43. The number of nitrogens with one attached hydrogen (secondary N) is 4. The highest BCUT2D eigenvalue weighted by molar-refractivity contribution is 6.02. The van der Waals surface area contributed by atoms with Crippen molar-refractivity contribution >= 4 is 29.0 Å². The number of aromatic amines is 1. The Morgan fingerprint density at radius 3 is 2.37 bits per heavy atom. The number of rotatable bonds is 10. The Kier molecular flexibility index (Phi) is 7.19. The van der Waals surface area contributed by atoms with Gasteiger partial charge in [0.25, 0.3) is 5.91 Å². The van der Waals surface area contributed by atoms with E-state index in [-0.39, 0.29) is 30.7 Å². The summed E-state index contributed by atoms with van der Waals surface area (Å²) in [6.07, 6.45) is 0.400. The van der Waals surface area contributed by atoms with Crippen molar-refractivity contribution in [1.82, 2.24) is 20.9 Å². The van der Waals surface area contributed by atoms with Crippen molar-refractivity contribution in [2.45, 2.75) is 37.6 Å². The normalized spacial score (nSPS) is 13.9. The molecule has 1 saturated carbocycles. The van der Waals surface area contributed by atoms with E-state index in [0.29, 0.717) is 18.5 Å². The van der Waals surface area contributed by atoms with E-state index in [1.165, 1.54) is 12.1 Å². The minimum atomic E-state index is -1.21. The Morgan fingerprint density at radius 1 is 1.00 bits per heavy atom. The van der Waals surface area contributed by atoms with E-state index < -0.39 is 18.2 Å². The number of fused-ring (bicyclic) bond motifs is 1. The fraction of sp³-hybridized carbons (Fsp3) is 0.320. The number of benzene rings is 2. The van der Waals surface area contributed by atoms with Gasteiger partial charge in [0.1, 0.15) is 11.5 Å². The molecule has 1 atom stereocenters. The van der Waals surface area contributed by atoms with Gasteiger partial charge >= 0.3 is 12.2 Å². The summed E-state index contributed by atoms with van der Waals surface area (Å²) >= 11 is 0. The molecular formula is C25H27FN4O5. The van der Waals surface area contributed by atoms with E-state index >= 15 is 0 Å². The average Bonchev–Trinajstić information content (AvgIpc) is 3.59. The molecule has 3 amide bonds. The van der Waals surface area contributed by atoms with Crippen LogP contribution in [0, 0.1) is 5.82 Å². The zero-order chi connectivity index (χ0) is 24.9. The highest BCUT2D eigenvalue weighted by Gasteiger charge is 2.32. The maximum Gasteiger partial charge on any atom is 0.404 e. The van der Waals surface area contributed by atoms with E-state index in [0.717, 1.165) is 40.4 Å². The fourth-order valence-corrected chi connectivity index (χ4v) is 4.26. The fourth-order valence-electron chi connectivity index (χ4n) is 4.26. The molecule has 0 unspecified atom stereocenters. The minimum Gasteiger partial charge on any atom is -0.465 e. The zero-order valence-corrected chi connectivity index (χ0v) is 18.9. The number of hydrogen-bond donors (Lipinski definition) is 6. The highest BCUT2D eigenvalue weighted by Crippen LogP contribution is 2.45. The molecule has 1 aliphatic rings. The predicted molar refractivity (Wildman–Crippen MR) is 128 cm³/mol. The highest BCUT2D eigenvalue weighted by atomic mass is 19.1. The average molecular weight is 483 g/mol. The first-order chi connectivity index (χ1) is 16.8. The van der Waals surface area contributed by atoms with Crippen molar-refractivity contribution in [3.05, 3.63) is 59.5 Å². The molecule has 3 aromatic rings. The summed E-state index contributed by atoms with van der Waals surface area (Å²) < 4.78 is 13.3. The molecule has 1 aliphatic carbocycles. The first kappa shape index (κ1) is 24.1. The van der Waals surface area contributed by atoms with Gasteiger partial charge in [0.2, 0.25) is 0 Å². The Labute approximate surface area is 200 Å². The lowest BCUT2D eigenvalue weighted by molar-refractivity contribution is 0.0942. The van der Waals surface area contributed by atoms with Crippen LogP contribution in [0.3, 0.4) is 0 Å². The van der Waals surface area contributed by atoms with E-state index in [1.54, 1.807) is 12.1 Å². The van der Waals surface area contributed by atoms with Gasteiger partial charge in [-0.2, -0.15) is 0 Å². The van der Waals surface area contributed by atoms with Crippen molar-refractivity contribution in [2.24, 2.45) is 0 Å². The number of halogens is 1. The number of carbonyl (C=O) groups is 3. The van der Waals surface area contributed by atoms with Gasteiger partial charge in [-0.25, -0.2) is 14.0 Å².